The van der Waals surface area contributed by atoms with Crippen LogP contribution in [0.25, 0.3) is 0 Å². The molecule has 1 aromatic rings. The van der Waals surface area contributed by atoms with Crippen LogP contribution in [-0.4, -0.2) is 30.9 Å². The molecule has 1 atom stereocenters. The van der Waals surface area contributed by atoms with Crippen molar-refractivity contribution in [2.45, 2.75) is 45.1 Å². The largest absolute Gasteiger partial charge is 0.335 e. The first-order valence-corrected chi connectivity index (χ1v) is 7.48. The van der Waals surface area contributed by atoms with Crippen molar-refractivity contribution in [3.05, 3.63) is 35.4 Å². The number of amides is 1. The van der Waals surface area contributed by atoms with Crippen molar-refractivity contribution in [1.29, 1.82) is 0 Å². The van der Waals surface area contributed by atoms with Crippen molar-refractivity contribution in [3.63, 3.8) is 0 Å². The summed E-state index contributed by atoms with van der Waals surface area (Å²) in [5.74, 6) is 0.204. The second-order valence-electron chi connectivity index (χ2n) is 6.65. The Labute approximate surface area is 122 Å². The van der Waals surface area contributed by atoms with Crippen LogP contribution < -0.4 is 5.32 Å². The van der Waals surface area contributed by atoms with Crippen molar-refractivity contribution in [2.75, 3.05) is 20.1 Å². The normalized spacial score (nSPS) is 19.4. The average molecular weight is 274 g/mol. The quantitative estimate of drug-likeness (QED) is 0.919. The molecule has 1 aliphatic rings. The zero-order valence-electron chi connectivity index (χ0n) is 13.1. The first-order chi connectivity index (χ1) is 9.43. The van der Waals surface area contributed by atoms with E-state index in [4.69, 9.17) is 0 Å². The molecule has 3 nitrogen and oxygen atoms in total. The monoisotopic (exact) mass is 274 g/mol. The third kappa shape index (κ3) is 3.21. The van der Waals surface area contributed by atoms with Gasteiger partial charge in [0.15, 0.2) is 0 Å². The molecule has 1 N–H and O–H groups in total. The molecular formula is C17H26N2O. The van der Waals surface area contributed by atoms with Crippen LogP contribution in [-0.2, 0) is 10.2 Å². The molecule has 3 heteroatoms. The van der Waals surface area contributed by atoms with Gasteiger partial charge >= 0.3 is 0 Å². The maximum Gasteiger partial charge on any atom is 0.237 e. The van der Waals surface area contributed by atoms with Gasteiger partial charge in [0.1, 0.15) is 0 Å². The average Bonchev–Trinajstić information content (AvgIpc) is 2.87. The number of rotatable bonds is 3. The summed E-state index contributed by atoms with van der Waals surface area (Å²) in [6.07, 6.45) is 2.17. The second kappa shape index (κ2) is 5.96. The van der Waals surface area contributed by atoms with Crippen molar-refractivity contribution < 1.29 is 4.79 Å². The van der Waals surface area contributed by atoms with Gasteiger partial charge in [-0.25, -0.2) is 0 Å². The Bertz CT molecular complexity index is 459. The van der Waals surface area contributed by atoms with Crippen LogP contribution in [0, 0.1) is 0 Å². The topological polar surface area (TPSA) is 32.3 Å². The lowest BCUT2D eigenvalue weighted by atomic mass is 9.86. The van der Waals surface area contributed by atoms with Gasteiger partial charge in [-0.2, -0.15) is 0 Å². The molecular weight excluding hydrogens is 248 g/mol. The molecule has 1 amide bonds. The lowest BCUT2D eigenvalue weighted by Gasteiger charge is -2.26. The van der Waals surface area contributed by atoms with E-state index in [1.54, 1.807) is 0 Å². The molecule has 110 valence electrons. The van der Waals surface area contributed by atoms with Gasteiger partial charge in [0.05, 0.1) is 12.6 Å². The summed E-state index contributed by atoms with van der Waals surface area (Å²) in [5, 5.41) is 2.95. The van der Waals surface area contributed by atoms with Crippen LogP contribution in [0.1, 0.15) is 50.8 Å². The van der Waals surface area contributed by atoms with Crippen LogP contribution in [0.4, 0.5) is 0 Å². The van der Waals surface area contributed by atoms with Crippen molar-refractivity contribution in [2.24, 2.45) is 0 Å². The fourth-order valence-electron chi connectivity index (χ4n) is 2.87. The van der Waals surface area contributed by atoms with E-state index in [1.165, 1.54) is 11.1 Å². The molecule has 1 heterocycles. The molecule has 1 fully saturated rings. The minimum Gasteiger partial charge on any atom is -0.335 e. The van der Waals surface area contributed by atoms with E-state index in [9.17, 15) is 4.79 Å². The van der Waals surface area contributed by atoms with Gasteiger partial charge in [-0.05, 0) is 36.4 Å². The van der Waals surface area contributed by atoms with Gasteiger partial charge < -0.3 is 10.2 Å². The van der Waals surface area contributed by atoms with Gasteiger partial charge in [-0.15, -0.1) is 0 Å². The Balaban J connectivity index is 2.16. The summed E-state index contributed by atoms with van der Waals surface area (Å²) in [4.78, 5) is 14.1. The molecule has 1 unspecified atom stereocenters. The summed E-state index contributed by atoms with van der Waals surface area (Å²) >= 11 is 0. The number of nitrogens with zero attached hydrogens (tertiary/aromatic N) is 1. The molecule has 1 aliphatic heterocycles. The Kier molecular flexibility index (Phi) is 4.48. The summed E-state index contributed by atoms with van der Waals surface area (Å²) in [6, 6.07) is 9.04. The number of benzene rings is 1. The maximum absolute atomic E-state index is 12.1. The third-order valence-corrected chi connectivity index (χ3v) is 4.06. The fraction of sp³-hybridized carbons (Fsp3) is 0.588. The van der Waals surface area contributed by atoms with E-state index in [2.05, 4.69) is 50.4 Å². The van der Waals surface area contributed by atoms with Crippen LogP contribution in [0.5, 0.6) is 0 Å². The molecule has 0 aromatic heterocycles. The minimum atomic E-state index is 0.176. The standard InChI is InChI=1S/C17H26N2O/c1-17(2,3)14-9-7-13(8-10-14)15-6-5-11-19(15)16(20)12-18-4/h7-10,15,18H,5-6,11-12H2,1-4H3. The number of likely N-dealkylation sites (tertiary alicyclic amines) is 1. The zero-order chi connectivity index (χ0) is 14.8. The van der Waals surface area contributed by atoms with E-state index in [0.717, 1.165) is 19.4 Å². The van der Waals surface area contributed by atoms with Crippen molar-refractivity contribution in [1.82, 2.24) is 10.2 Å². The molecule has 0 bridgehead atoms. The summed E-state index contributed by atoms with van der Waals surface area (Å²) in [6.45, 7) is 7.98. The Morgan fingerprint density at radius 1 is 1.30 bits per heavy atom. The third-order valence-electron chi connectivity index (χ3n) is 4.06. The lowest BCUT2D eigenvalue weighted by Crippen LogP contribution is -2.36. The van der Waals surface area contributed by atoms with Gasteiger partial charge in [0, 0.05) is 6.54 Å². The van der Waals surface area contributed by atoms with Crippen LogP contribution >= 0.6 is 0 Å². The Hall–Kier alpha value is -1.35. The fourth-order valence-corrected chi connectivity index (χ4v) is 2.87. The molecule has 20 heavy (non-hydrogen) atoms. The number of likely N-dealkylation sites (N-methyl/N-ethyl adjacent to an activating group) is 1. The predicted octanol–water partition coefficient (Wildman–Crippen LogP) is 2.87. The Morgan fingerprint density at radius 2 is 1.95 bits per heavy atom. The smallest absolute Gasteiger partial charge is 0.237 e. The molecule has 0 saturated carbocycles. The summed E-state index contributed by atoms with van der Waals surface area (Å²) < 4.78 is 0. The van der Waals surface area contributed by atoms with E-state index in [0.29, 0.717) is 6.54 Å². The highest BCUT2D eigenvalue weighted by Crippen LogP contribution is 2.33. The number of hydrogen-bond acceptors (Lipinski definition) is 2. The van der Waals surface area contributed by atoms with Gasteiger partial charge in [0.2, 0.25) is 5.91 Å². The number of hydrogen-bond donors (Lipinski definition) is 1. The Morgan fingerprint density at radius 3 is 2.50 bits per heavy atom. The molecule has 0 aliphatic carbocycles. The second-order valence-corrected chi connectivity index (χ2v) is 6.65. The van der Waals surface area contributed by atoms with E-state index in [-0.39, 0.29) is 17.4 Å². The summed E-state index contributed by atoms with van der Waals surface area (Å²) in [7, 11) is 1.82. The first-order valence-electron chi connectivity index (χ1n) is 7.48. The minimum absolute atomic E-state index is 0.176. The molecule has 1 aromatic carbocycles. The van der Waals surface area contributed by atoms with Crippen LogP contribution in [0.2, 0.25) is 0 Å². The highest BCUT2D eigenvalue weighted by molar-refractivity contribution is 5.79. The van der Waals surface area contributed by atoms with Crippen molar-refractivity contribution in [3.8, 4) is 0 Å². The SMILES string of the molecule is CNCC(=O)N1CCCC1c1ccc(C(C)(C)C)cc1. The maximum atomic E-state index is 12.1. The van der Waals surface area contributed by atoms with Crippen LogP contribution in [0.15, 0.2) is 24.3 Å². The predicted molar refractivity (Wildman–Crippen MR) is 82.8 cm³/mol. The zero-order valence-corrected chi connectivity index (χ0v) is 13.1. The summed E-state index contributed by atoms with van der Waals surface area (Å²) in [5.41, 5.74) is 2.78. The van der Waals surface area contributed by atoms with E-state index >= 15 is 0 Å². The van der Waals surface area contributed by atoms with E-state index in [1.807, 2.05) is 11.9 Å². The number of carbonyl (C=O) groups is 1. The molecule has 2 rings (SSSR count). The number of nitrogens with one attached hydrogen (secondary N) is 1. The highest BCUT2D eigenvalue weighted by atomic mass is 16.2. The van der Waals surface area contributed by atoms with Crippen LogP contribution in [0.3, 0.4) is 0 Å². The molecule has 0 spiro atoms. The van der Waals surface area contributed by atoms with Gasteiger partial charge in [-0.1, -0.05) is 45.0 Å². The first kappa shape index (κ1) is 15.0. The number of carbonyl (C=O) groups excluding carboxylic acids is 1. The van der Waals surface area contributed by atoms with Crippen molar-refractivity contribution >= 4 is 5.91 Å². The van der Waals surface area contributed by atoms with Gasteiger partial charge in [-0.3, -0.25) is 4.79 Å². The highest BCUT2D eigenvalue weighted by Gasteiger charge is 2.29. The lowest BCUT2D eigenvalue weighted by molar-refractivity contribution is -0.131. The molecule has 1 saturated heterocycles. The molecule has 0 radical (unpaired) electrons. The van der Waals surface area contributed by atoms with Gasteiger partial charge in [0.25, 0.3) is 0 Å². The van der Waals surface area contributed by atoms with E-state index < -0.39 is 0 Å².